The Morgan fingerprint density at radius 3 is 2.69 bits per heavy atom. The van der Waals surface area contributed by atoms with Crippen molar-refractivity contribution >= 4 is 45.0 Å². The van der Waals surface area contributed by atoms with Crippen molar-refractivity contribution in [3.63, 3.8) is 0 Å². The summed E-state index contributed by atoms with van der Waals surface area (Å²) in [5.41, 5.74) is 0.270. The maximum absolute atomic E-state index is 13.6. The van der Waals surface area contributed by atoms with Crippen LogP contribution in [0.2, 0.25) is 0 Å². The summed E-state index contributed by atoms with van der Waals surface area (Å²) in [5, 5.41) is 21.2. The molecule has 0 spiro atoms. The number of benzene rings is 2. The molecule has 35 heavy (non-hydrogen) atoms. The van der Waals surface area contributed by atoms with Gasteiger partial charge in [0.15, 0.2) is 4.80 Å². The number of ether oxygens (including phenoxy) is 1. The Hall–Kier alpha value is -3.64. The number of nitro benzene ring substituents is 1. The van der Waals surface area contributed by atoms with Crippen LogP contribution < -0.4 is 14.9 Å². The van der Waals surface area contributed by atoms with Gasteiger partial charge < -0.3 is 9.84 Å². The molecule has 180 valence electrons. The van der Waals surface area contributed by atoms with Gasteiger partial charge in [-0.3, -0.25) is 19.5 Å². The number of phenolic OH excluding ortho intramolecular Hbond substituents is 1. The summed E-state index contributed by atoms with van der Waals surface area (Å²) in [6.07, 6.45) is 1.44. The Morgan fingerprint density at radius 2 is 2.06 bits per heavy atom. The SMILES string of the molecule is CCOC(=O)C1=C(C)N=c2sc(=Cc3cc(Br)c(O)c([N+](=O)[O-])c3)c(=O)n2[C@@H]1c1ccc(F)cc1. The molecule has 0 fully saturated rings. The monoisotopic (exact) mass is 561 g/mol. The fourth-order valence-corrected chi connectivity index (χ4v) is 5.24. The van der Waals surface area contributed by atoms with Gasteiger partial charge in [0.05, 0.1) is 37.8 Å². The Kier molecular flexibility index (Phi) is 6.68. The zero-order valence-corrected chi connectivity index (χ0v) is 20.7. The highest BCUT2D eigenvalue weighted by Crippen LogP contribution is 2.35. The van der Waals surface area contributed by atoms with Gasteiger partial charge in [-0.05, 0) is 65.2 Å². The largest absolute Gasteiger partial charge is 0.501 e. The maximum Gasteiger partial charge on any atom is 0.338 e. The second-order valence-electron chi connectivity index (χ2n) is 7.48. The zero-order valence-electron chi connectivity index (χ0n) is 18.3. The summed E-state index contributed by atoms with van der Waals surface area (Å²) in [6, 6.07) is 7.10. The van der Waals surface area contributed by atoms with Crippen molar-refractivity contribution in [1.29, 1.82) is 0 Å². The van der Waals surface area contributed by atoms with Crippen molar-refractivity contribution in [2.24, 2.45) is 4.99 Å². The third kappa shape index (κ3) is 4.54. The van der Waals surface area contributed by atoms with E-state index < -0.39 is 39.7 Å². The van der Waals surface area contributed by atoms with Gasteiger partial charge in [-0.25, -0.2) is 14.2 Å². The molecule has 0 unspecified atom stereocenters. The normalized spacial score (nSPS) is 15.5. The highest BCUT2D eigenvalue weighted by atomic mass is 79.9. The van der Waals surface area contributed by atoms with E-state index in [0.717, 1.165) is 17.4 Å². The number of nitrogens with zero attached hydrogens (tertiary/aromatic N) is 3. The maximum atomic E-state index is 13.6. The van der Waals surface area contributed by atoms with Crippen LogP contribution in [0.25, 0.3) is 6.08 Å². The number of fused-ring (bicyclic) bond motifs is 1. The number of allylic oxidation sites excluding steroid dienone is 1. The number of aromatic hydroxyl groups is 1. The van der Waals surface area contributed by atoms with Gasteiger partial charge in [-0.2, -0.15) is 0 Å². The molecular weight excluding hydrogens is 545 g/mol. The van der Waals surface area contributed by atoms with E-state index in [9.17, 15) is 29.2 Å². The topological polar surface area (TPSA) is 124 Å². The quantitative estimate of drug-likeness (QED) is 0.289. The van der Waals surface area contributed by atoms with Crippen molar-refractivity contribution in [1.82, 2.24) is 4.57 Å². The molecule has 1 aliphatic rings. The van der Waals surface area contributed by atoms with Gasteiger partial charge >= 0.3 is 11.7 Å². The molecule has 9 nitrogen and oxygen atoms in total. The summed E-state index contributed by atoms with van der Waals surface area (Å²) >= 11 is 4.12. The van der Waals surface area contributed by atoms with Crippen LogP contribution >= 0.6 is 27.3 Å². The zero-order chi connectivity index (χ0) is 25.4. The van der Waals surface area contributed by atoms with E-state index in [1.165, 1.54) is 41.0 Å². The van der Waals surface area contributed by atoms with E-state index in [4.69, 9.17) is 4.74 Å². The molecule has 1 aliphatic heterocycles. The second kappa shape index (κ2) is 9.55. The molecule has 12 heteroatoms. The molecule has 0 bridgehead atoms. The molecule has 2 heterocycles. The van der Waals surface area contributed by atoms with E-state index >= 15 is 0 Å². The molecule has 0 saturated heterocycles. The Morgan fingerprint density at radius 1 is 1.37 bits per heavy atom. The van der Waals surface area contributed by atoms with E-state index in [0.29, 0.717) is 21.6 Å². The van der Waals surface area contributed by atoms with Crippen molar-refractivity contribution in [2.75, 3.05) is 6.61 Å². The number of carbonyl (C=O) groups is 1. The van der Waals surface area contributed by atoms with Crippen LogP contribution in [-0.4, -0.2) is 27.2 Å². The van der Waals surface area contributed by atoms with E-state index in [2.05, 4.69) is 20.9 Å². The number of thiazole rings is 1. The first-order chi connectivity index (χ1) is 16.6. The molecule has 1 atom stereocenters. The third-order valence-electron chi connectivity index (χ3n) is 5.26. The van der Waals surface area contributed by atoms with Crippen molar-refractivity contribution in [3.8, 4) is 5.75 Å². The smallest absolute Gasteiger partial charge is 0.338 e. The fraction of sp³-hybridized carbons (Fsp3) is 0.174. The molecule has 2 aromatic carbocycles. The van der Waals surface area contributed by atoms with Crippen LogP contribution in [0.4, 0.5) is 10.1 Å². The molecule has 4 rings (SSSR count). The van der Waals surface area contributed by atoms with Gasteiger partial charge in [-0.15, -0.1) is 0 Å². The number of rotatable bonds is 5. The number of phenols is 1. The molecule has 1 N–H and O–H groups in total. The van der Waals surface area contributed by atoms with Gasteiger partial charge in [0.2, 0.25) is 5.75 Å². The first-order valence-corrected chi connectivity index (χ1v) is 11.8. The van der Waals surface area contributed by atoms with Crippen LogP contribution in [0.3, 0.4) is 0 Å². The average Bonchev–Trinajstić information content (AvgIpc) is 3.10. The van der Waals surface area contributed by atoms with E-state index in [-0.39, 0.29) is 21.2 Å². The summed E-state index contributed by atoms with van der Waals surface area (Å²) in [6.45, 7) is 3.40. The summed E-state index contributed by atoms with van der Waals surface area (Å²) in [7, 11) is 0. The minimum atomic E-state index is -0.908. The Balaban J connectivity index is 1.96. The van der Waals surface area contributed by atoms with Crippen LogP contribution in [0.15, 0.2) is 61.9 Å². The van der Waals surface area contributed by atoms with E-state index in [1.54, 1.807) is 13.8 Å². The molecule has 1 aromatic heterocycles. The minimum Gasteiger partial charge on any atom is -0.501 e. The molecule has 0 radical (unpaired) electrons. The van der Waals surface area contributed by atoms with Gasteiger partial charge in [-0.1, -0.05) is 23.5 Å². The van der Waals surface area contributed by atoms with Gasteiger partial charge in [0.25, 0.3) is 5.56 Å². The highest BCUT2D eigenvalue weighted by molar-refractivity contribution is 9.10. The third-order valence-corrected chi connectivity index (χ3v) is 6.85. The summed E-state index contributed by atoms with van der Waals surface area (Å²) in [4.78, 5) is 41.6. The Labute approximate surface area is 209 Å². The lowest BCUT2D eigenvalue weighted by Crippen LogP contribution is -2.39. The molecule has 0 amide bonds. The molecule has 3 aromatic rings. The number of aromatic nitrogens is 1. The number of hydrogen-bond acceptors (Lipinski definition) is 8. The number of nitro groups is 1. The number of esters is 1. The summed E-state index contributed by atoms with van der Waals surface area (Å²) in [5.74, 6) is -1.64. The van der Waals surface area contributed by atoms with Crippen molar-refractivity contribution in [2.45, 2.75) is 19.9 Å². The lowest BCUT2D eigenvalue weighted by Gasteiger charge is -2.24. The minimum absolute atomic E-state index is 0.0929. The predicted molar refractivity (Wildman–Crippen MR) is 129 cm³/mol. The van der Waals surface area contributed by atoms with Crippen LogP contribution in [0.1, 0.15) is 31.0 Å². The standard InChI is InChI=1S/C23H17BrFN3O6S/c1-3-34-22(31)18-11(2)26-23-27(19(18)13-4-6-14(25)7-5-13)21(30)17(35-23)10-12-8-15(24)20(29)16(9-12)28(32)33/h4-10,19,29H,3H2,1-2H3/t19-/m1/s1. The Bertz CT molecular complexity index is 1580. The lowest BCUT2D eigenvalue weighted by molar-refractivity contribution is -0.386. The van der Waals surface area contributed by atoms with Gasteiger partial charge in [0.1, 0.15) is 5.82 Å². The molecule has 0 aliphatic carbocycles. The highest BCUT2D eigenvalue weighted by Gasteiger charge is 2.33. The molecular formula is C23H17BrFN3O6S. The van der Waals surface area contributed by atoms with E-state index in [1.807, 2.05) is 0 Å². The van der Waals surface area contributed by atoms with Crippen LogP contribution in [0.5, 0.6) is 5.75 Å². The fourth-order valence-electron chi connectivity index (χ4n) is 3.73. The number of carbonyl (C=O) groups excluding carboxylic acids is 1. The number of hydrogen-bond donors (Lipinski definition) is 1. The predicted octanol–water partition coefficient (Wildman–Crippen LogP) is 3.31. The average molecular weight is 562 g/mol. The van der Waals surface area contributed by atoms with Crippen LogP contribution in [0, 0.1) is 15.9 Å². The second-order valence-corrected chi connectivity index (χ2v) is 9.34. The number of halogens is 2. The first-order valence-electron chi connectivity index (χ1n) is 10.2. The van der Waals surface area contributed by atoms with Gasteiger partial charge in [0, 0.05) is 6.07 Å². The van der Waals surface area contributed by atoms with Crippen molar-refractivity contribution in [3.05, 3.63) is 98.9 Å². The molecule has 0 saturated carbocycles. The summed E-state index contributed by atoms with van der Waals surface area (Å²) < 4.78 is 20.4. The van der Waals surface area contributed by atoms with Crippen molar-refractivity contribution < 1.29 is 24.0 Å². The van der Waals surface area contributed by atoms with Crippen LogP contribution in [-0.2, 0) is 9.53 Å². The lowest BCUT2D eigenvalue weighted by atomic mass is 9.96. The first kappa shape index (κ1) is 24.5.